The van der Waals surface area contributed by atoms with Crippen molar-refractivity contribution in [3.05, 3.63) is 38.9 Å². The van der Waals surface area contributed by atoms with Gasteiger partial charge in [-0.25, -0.2) is 0 Å². The van der Waals surface area contributed by atoms with Gasteiger partial charge in [0.15, 0.2) is 0 Å². The van der Waals surface area contributed by atoms with Gasteiger partial charge in [-0.2, -0.15) is 0 Å². The van der Waals surface area contributed by atoms with E-state index in [-0.39, 0.29) is 34.4 Å². The number of hydrogen-bond donors (Lipinski definition) is 0. The van der Waals surface area contributed by atoms with Crippen molar-refractivity contribution >= 4 is 23.2 Å². The van der Waals surface area contributed by atoms with E-state index in [0.29, 0.717) is 13.1 Å². The zero-order chi connectivity index (χ0) is 14.9. The summed E-state index contributed by atoms with van der Waals surface area (Å²) >= 11 is 5.99. The lowest BCUT2D eigenvalue weighted by molar-refractivity contribution is -0.384. The Kier molecular flexibility index (Phi) is 4.25. The lowest BCUT2D eigenvalue weighted by Crippen LogP contribution is -2.48. The first-order chi connectivity index (χ1) is 9.38. The number of nitrogens with zero attached hydrogens (tertiary/aromatic N) is 2. The number of ether oxygens (including phenoxy) is 1. The highest BCUT2D eigenvalue weighted by atomic mass is 35.5. The largest absolute Gasteiger partial charge is 0.372 e. The van der Waals surface area contributed by atoms with Crippen molar-refractivity contribution in [3.8, 4) is 0 Å². The third kappa shape index (κ3) is 3.08. The van der Waals surface area contributed by atoms with Crippen LogP contribution in [0.2, 0.25) is 5.02 Å². The molecule has 108 valence electrons. The molecule has 0 aromatic heterocycles. The minimum Gasteiger partial charge on any atom is -0.372 e. The van der Waals surface area contributed by atoms with Gasteiger partial charge >= 0.3 is 0 Å². The van der Waals surface area contributed by atoms with Crippen molar-refractivity contribution < 1.29 is 14.5 Å². The monoisotopic (exact) mass is 298 g/mol. The Morgan fingerprint density at radius 2 is 2.00 bits per heavy atom. The Hall–Kier alpha value is -1.66. The van der Waals surface area contributed by atoms with Crippen LogP contribution in [0.4, 0.5) is 5.69 Å². The number of amides is 1. The third-order valence-electron chi connectivity index (χ3n) is 3.10. The van der Waals surface area contributed by atoms with E-state index >= 15 is 0 Å². The Balaban J connectivity index is 2.28. The summed E-state index contributed by atoms with van der Waals surface area (Å²) < 4.78 is 5.56. The maximum absolute atomic E-state index is 12.4. The molecule has 2 rings (SSSR count). The first kappa shape index (κ1) is 14.7. The molecule has 1 saturated heterocycles. The predicted octanol–water partition coefficient (Wildman–Crippen LogP) is 2.50. The summed E-state index contributed by atoms with van der Waals surface area (Å²) in [4.78, 5) is 24.3. The molecule has 7 heteroatoms. The molecule has 6 nitrogen and oxygen atoms in total. The number of carbonyl (C=O) groups excluding carboxylic acids is 1. The summed E-state index contributed by atoms with van der Waals surface area (Å²) in [6.45, 7) is 4.65. The van der Waals surface area contributed by atoms with Crippen LogP contribution in [0.25, 0.3) is 0 Å². The highest BCUT2D eigenvalue weighted by molar-refractivity contribution is 6.33. The Morgan fingerprint density at radius 3 is 2.55 bits per heavy atom. The Morgan fingerprint density at radius 1 is 1.40 bits per heavy atom. The normalized spacial score (nSPS) is 22.6. The van der Waals surface area contributed by atoms with E-state index in [1.54, 1.807) is 4.90 Å². The zero-order valence-electron chi connectivity index (χ0n) is 11.2. The van der Waals surface area contributed by atoms with Gasteiger partial charge in [-0.1, -0.05) is 11.6 Å². The van der Waals surface area contributed by atoms with Crippen LogP contribution in [0.1, 0.15) is 24.2 Å². The summed E-state index contributed by atoms with van der Waals surface area (Å²) in [6, 6.07) is 3.87. The molecule has 1 aliphatic rings. The molecule has 1 aromatic carbocycles. The lowest BCUT2D eigenvalue weighted by atomic mass is 10.1. The quantitative estimate of drug-likeness (QED) is 0.621. The van der Waals surface area contributed by atoms with Gasteiger partial charge in [0.2, 0.25) is 0 Å². The number of carbonyl (C=O) groups is 1. The van der Waals surface area contributed by atoms with Crippen molar-refractivity contribution in [2.24, 2.45) is 0 Å². The fraction of sp³-hybridized carbons (Fsp3) is 0.462. The molecular formula is C13H15ClN2O4. The first-order valence-corrected chi connectivity index (χ1v) is 6.65. The number of benzene rings is 1. The van der Waals surface area contributed by atoms with Gasteiger partial charge in [0.1, 0.15) is 0 Å². The van der Waals surface area contributed by atoms with Gasteiger partial charge in [-0.05, 0) is 19.9 Å². The number of morpholine rings is 1. The third-order valence-corrected chi connectivity index (χ3v) is 3.43. The fourth-order valence-corrected chi connectivity index (χ4v) is 2.50. The number of non-ortho nitro benzene ring substituents is 1. The van der Waals surface area contributed by atoms with Crippen LogP contribution in [0.3, 0.4) is 0 Å². The van der Waals surface area contributed by atoms with E-state index in [0.717, 1.165) is 0 Å². The van der Waals surface area contributed by atoms with Crippen LogP contribution in [0, 0.1) is 10.1 Å². The summed E-state index contributed by atoms with van der Waals surface area (Å²) in [5, 5.41) is 11.0. The number of nitro groups is 1. The summed E-state index contributed by atoms with van der Waals surface area (Å²) in [6.07, 6.45) is -0.139. The number of halogens is 1. The maximum atomic E-state index is 12.4. The van der Waals surface area contributed by atoms with Crippen LogP contribution in [0.15, 0.2) is 18.2 Å². The highest BCUT2D eigenvalue weighted by Gasteiger charge is 2.28. The molecule has 0 saturated carbocycles. The summed E-state index contributed by atoms with van der Waals surface area (Å²) in [5.41, 5.74) is 0.00859. The molecule has 0 N–H and O–H groups in total. The van der Waals surface area contributed by atoms with E-state index in [1.165, 1.54) is 18.2 Å². The minimum atomic E-state index is -0.544. The average molecular weight is 299 g/mol. The Labute approximate surface area is 121 Å². The van der Waals surface area contributed by atoms with Gasteiger partial charge in [0, 0.05) is 25.2 Å². The Bertz CT molecular complexity index is 539. The SMILES string of the molecule is CC1CN(C(=O)c2cc([N+](=O)[O-])ccc2Cl)CC(C)O1. The first-order valence-electron chi connectivity index (χ1n) is 6.27. The molecular weight excluding hydrogens is 284 g/mol. The summed E-state index contributed by atoms with van der Waals surface area (Å²) in [5.74, 6) is -0.305. The lowest BCUT2D eigenvalue weighted by Gasteiger charge is -2.35. The molecule has 1 fully saturated rings. The molecule has 0 radical (unpaired) electrons. The number of hydrogen-bond acceptors (Lipinski definition) is 4. The molecule has 0 bridgehead atoms. The van der Waals surface area contributed by atoms with Gasteiger partial charge < -0.3 is 9.64 Å². The molecule has 0 spiro atoms. The minimum absolute atomic E-state index is 0.0693. The van der Waals surface area contributed by atoms with Crippen LogP contribution in [-0.2, 0) is 4.74 Å². The van der Waals surface area contributed by atoms with Crippen LogP contribution >= 0.6 is 11.6 Å². The standard InChI is InChI=1S/C13H15ClN2O4/c1-8-6-15(7-9(2)20-8)13(17)11-5-10(16(18)19)3-4-12(11)14/h3-5,8-9H,6-7H2,1-2H3. The maximum Gasteiger partial charge on any atom is 0.270 e. The second kappa shape index (κ2) is 5.76. The van der Waals surface area contributed by atoms with Crippen molar-refractivity contribution in [2.45, 2.75) is 26.1 Å². The number of rotatable bonds is 2. The molecule has 0 aliphatic carbocycles. The average Bonchev–Trinajstić information content (AvgIpc) is 2.37. The molecule has 20 heavy (non-hydrogen) atoms. The molecule has 2 atom stereocenters. The van der Waals surface area contributed by atoms with Crippen LogP contribution in [0.5, 0.6) is 0 Å². The van der Waals surface area contributed by atoms with Gasteiger partial charge in [-0.3, -0.25) is 14.9 Å². The molecule has 1 heterocycles. The fourth-order valence-electron chi connectivity index (χ4n) is 2.30. The van der Waals surface area contributed by atoms with Gasteiger partial charge in [-0.15, -0.1) is 0 Å². The van der Waals surface area contributed by atoms with Crippen molar-refractivity contribution in [1.82, 2.24) is 4.90 Å². The second-order valence-corrected chi connectivity index (χ2v) is 5.30. The summed E-state index contributed by atoms with van der Waals surface area (Å²) in [7, 11) is 0. The second-order valence-electron chi connectivity index (χ2n) is 4.89. The van der Waals surface area contributed by atoms with E-state index < -0.39 is 4.92 Å². The van der Waals surface area contributed by atoms with Gasteiger partial charge in [0.05, 0.1) is 27.7 Å². The van der Waals surface area contributed by atoms with Gasteiger partial charge in [0.25, 0.3) is 11.6 Å². The van der Waals surface area contributed by atoms with E-state index in [2.05, 4.69) is 0 Å². The smallest absolute Gasteiger partial charge is 0.270 e. The molecule has 2 unspecified atom stereocenters. The van der Waals surface area contributed by atoms with Crippen LogP contribution in [-0.4, -0.2) is 41.0 Å². The zero-order valence-corrected chi connectivity index (χ0v) is 12.0. The van der Waals surface area contributed by atoms with E-state index in [1.807, 2.05) is 13.8 Å². The number of nitro benzene ring substituents is 1. The van der Waals surface area contributed by atoms with Crippen molar-refractivity contribution in [1.29, 1.82) is 0 Å². The molecule has 1 aromatic rings. The molecule has 1 aliphatic heterocycles. The van der Waals surface area contributed by atoms with E-state index in [9.17, 15) is 14.9 Å². The predicted molar refractivity (Wildman–Crippen MR) is 74.0 cm³/mol. The van der Waals surface area contributed by atoms with Crippen LogP contribution < -0.4 is 0 Å². The van der Waals surface area contributed by atoms with Crippen molar-refractivity contribution in [3.63, 3.8) is 0 Å². The highest BCUT2D eigenvalue weighted by Crippen LogP contribution is 2.24. The molecule has 1 amide bonds. The topological polar surface area (TPSA) is 72.7 Å². The van der Waals surface area contributed by atoms with Crippen molar-refractivity contribution in [2.75, 3.05) is 13.1 Å². The van der Waals surface area contributed by atoms with E-state index in [4.69, 9.17) is 16.3 Å².